The fourth-order valence-electron chi connectivity index (χ4n) is 1.50. The van der Waals surface area contributed by atoms with Gasteiger partial charge in [0.25, 0.3) is 0 Å². The van der Waals surface area contributed by atoms with Crippen molar-refractivity contribution in [3.05, 3.63) is 36.1 Å². The maximum Gasteiger partial charge on any atom is 0.134 e. The van der Waals surface area contributed by atoms with Gasteiger partial charge in [-0.3, -0.25) is 0 Å². The van der Waals surface area contributed by atoms with Crippen LogP contribution in [0.25, 0.3) is 11.0 Å². The molecule has 1 aromatic carbocycles. The Morgan fingerprint density at radius 3 is 2.57 bits per heavy atom. The number of furan rings is 1. The summed E-state index contributed by atoms with van der Waals surface area (Å²) in [6, 6.07) is 8.18. The van der Waals surface area contributed by atoms with Gasteiger partial charge in [0.15, 0.2) is 0 Å². The summed E-state index contributed by atoms with van der Waals surface area (Å²) >= 11 is 0. The molecule has 1 nitrogen and oxygen atoms in total. The molecule has 76 valence electrons. The van der Waals surface area contributed by atoms with Crippen molar-refractivity contribution in [1.82, 2.24) is 0 Å². The van der Waals surface area contributed by atoms with Gasteiger partial charge in [0.1, 0.15) is 5.58 Å². The monoisotopic (exact) mass is 190 g/mol. The molecule has 0 aliphatic carbocycles. The fourth-order valence-corrected chi connectivity index (χ4v) is 1.50. The first-order valence-corrected chi connectivity index (χ1v) is 5.37. The molecule has 0 unspecified atom stereocenters. The van der Waals surface area contributed by atoms with Gasteiger partial charge in [0, 0.05) is 5.39 Å². The topological polar surface area (TPSA) is 13.1 Å². The van der Waals surface area contributed by atoms with Gasteiger partial charge in [0.05, 0.1) is 6.26 Å². The first-order chi connectivity index (χ1) is 6.92. The lowest BCUT2D eigenvalue weighted by Crippen LogP contribution is -1.77. The Balaban J connectivity index is 0.000000461. The Bertz CT molecular complexity index is 373. The summed E-state index contributed by atoms with van der Waals surface area (Å²) in [5.74, 6) is 0. The Morgan fingerprint density at radius 1 is 1.14 bits per heavy atom. The van der Waals surface area contributed by atoms with Crippen LogP contribution in [-0.2, 0) is 6.42 Å². The number of benzene rings is 1. The molecule has 1 heteroatoms. The lowest BCUT2D eigenvalue weighted by atomic mass is 10.1. The lowest BCUT2D eigenvalue weighted by molar-refractivity contribution is 0.609. The van der Waals surface area contributed by atoms with E-state index < -0.39 is 0 Å². The second-order valence-corrected chi connectivity index (χ2v) is 3.01. The molecule has 0 aliphatic heterocycles. The third-order valence-corrected chi connectivity index (χ3v) is 2.08. The summed E-state index contributed by atoms with van der Waals surface area (Å²) in [6.45, 7) is 6.18. The van der Waals surface area contributed by atoms with E-state index in [9.17, 15) is 0 Å². The number of hydrogen-bond acceptors (Lipinski definition) is 1. The van der Waals surface area contributed by atoms with E-state index in [0.717, 1.165) is 12.0 Å². The van der Waals surface area contributed by atoms with Crippen molar-refractivity contribution in [2.45, 2.75) is 33.6 Å². The second kappa shape index (κ2) is 5.48. The van der Waals surface area contributed by atoms with E-state index in [0.29, 0.717) is 0 Å². The van der Waals surface area contributed by atoms with Crippen LogP contribution in [0.2, 0.25) is 0 Å². The van der Waals surface area contributed by atoms with Crippen LogP contribution < -0.4 is 0 Å². The highest BCUT2D eigenvalue weighted by atomic mass is 16.3. The van der Waals surface area contributed by atoms with Gasteiger partial charge in [-0.2, -0.15) is 0 Å². The number of hydrogen-bond donors (Lipinski definition) is 0. The van der Waals surface area contributed by atoms with Crippen LogP contribution in [-0.4, -0.2) is 0 Å². The Morgan fingerprint density at radius 2 is 1.86 bits per heavy atom. The standard InChI is InChI=1S/C11H12O.C2H6/c1-2-5-9-8-12-11-7-4-3-6-10(9)11;1-2/h3-4,6-8H,2,5H2,1H3;1-2H3. The molecule has 0 aliphatic rings. The first-order valence-electron chi connectivity index (χ1n) is 5.37. The molecule has 0 saturated carbocycles. The van der Waals surface area contributed by atoms with E-state index in [2.05, 4.69) is 19.1 Å². The molecule has 0 amide bonds. The van der Waals surface area contributed by atoms with Crippen molar-refractivity contribution in [3.8, 4) is 0 Å². The van der Waals surface area contributed by atoms with Crippen molar-refractivity contribution in [2.75, 3.05) is 0 Å². The molecular formula is C13H18O. The van der Waals surface area contributed by atoms with Crippen molar-refractivity contribution in [1.29, 1.82) is 0 Å². The number of rotatable bonds is 2. The van der Waals surface area contributed by atoms with E-state index in [1.165, 1.54) is 17.4 Å². The summed E-state index contributed by atoms with van der Waals surface area (Å²) in [5, 5.41) is 1.26. The maximum atomic E-state index is 5.40. The average Bonchev–Trinajstić information content (AvgIpc) is 2.66. The average molecular weight is 190 g/mol. The molecule has 1 aromatic heterocycles. The van der Waals surface area contributed by atoms with Crippen molar-refractivity contribution < 1.29 is 4.42 Å². The van der Waals surface area contributed by atoms with Crippen LogP contribution in [0.4, 0.5) is 0 Å². The highest BCUT2D eigenvalue weighted by Gasteiger charge is 2.02. The highest BCUT2D eigenvalue weighted by molar-refractivity contribution is 5.80. The van der Waals surface area contributed by atoms with Crippen molar-refractivity contribution >= 4 is 11.0 Å². The van der Waals surface area contributed by atoms with Crippen LogP contribution in [0.3, 0.4) is 0 Å². The number of para-hydroxylation sites is 1. The smallest absolute Gasteiger partial charge is 0.134 e. The van der Waals surface area contributed by atoms with E-state index in [1.54, 1.807) is 0 Å². The van der Waals surface area contributed by atoms with Crippen LogP contribution in [0.5, 0.6) is 0 Å². The minimum atomic E-state index is 1.00. The third kappa shape index (κ3) is 2.16. The van der Waals surface area contributed by atoms with E-state index >= 15 is 0 Å². The molecule has 0 radical (unpaired) electrons. The molecule has 2 rings (SSSR count). The second-order valence-electron chi connectivity index (χ2n) is 3.01. The van der Waals surface area contributed by atoms with Crippen LogP contribution in [0, 0.1) is 0 Å². The zero-order chi connectivity index (χ0) is 10.4. The highest BCUT2D eigenvalue weighted by Crippen LogP contribution is 2.21. The predicted octanol–water partition coefficient (Wildman–Crippen LogP) is 4.41. The van der Waals surface area contributed by atoms with Crippen LogP contribution >= 0.6 is 0 Å². The van der Waals surface area contributed by atoms with E-state index in [4.69, 9.17) is 4.42 Å². The quantitative estimate of drug-likeness (QED) is 0.683. The molecule has 0 bridgehead atoms. The SMILES string of the molecule is CC.CCCc1coc2ccccc12. The molecule has 1 heterocycles. The fraction of sp³-hybridized carbons (Fsp3) is 0.385. The summed E-state index contributed by atoms with van der Waals surface area (Å²) in [4.78, 5) is 0. The zero-order valence-corrected chi connectivity index (χ0v) is 9.21. The van der Waals surface area contributed by atoms with Gasteiger partial charge in [-0.25, -0.2) is 0 Å². The predicted molar refractivity (Wildman–Crippen MR) is 61.6 cm³/mol. The van der Waals surface area contributed by atoms with Crippen molar-refractivity contribution in [2.24, 2.45) is 0 Å². The maximum absolute atomic E-state index is 5.40. The first kappa shape index (κ1) is 10.8. The lowest BCUT2D eigenvalue weighted by Gasteiger charge is -1.91. The van der Waals surface area contributed by atoms with Crippen LogP contribution in [0.1, 0.15) is 32.8 Å². The normalized spacial score (nSPS) is 9.64. The summed E-state index contributed by atoms with van der Waals surface area (Å²) in [5.41, 5.74) is 2.33. The Hall–Kier alpha value is -1.24. The molecular weight excluding hydrogens is 172 g/mol. The van der Waals surface area contributed by atoms with Gasteiger partial charge in [-0.15, -0.1) is 0 Å². The molecule has 2 aromatic rings. The molecule has 0 spiro atoms. The van der Waals surface area contributed by atoms with Gasteiger partial charge >= 0.3 is 0 Å². The van der Waals surface area contributed by atoms with Gasteiger partial charge in [-0.1, -0.05) is 45.4 Å². The zero-order valence-electron chi connectivity index (χ0n) is 9.21. The van der Waals surface area contributed by atoms with E-state index in [1.807, 2.05) is 32.2 Å². The largest absolute Gasteiger partial charge is 0.464 e. The van der Waals surface area contributed by atoms with Gasteiger partial charge in [-0.05, 0) is 18.1 Å². The Labute approximate surface area is 85.7 Å². The van der Waals surface area contributed by atoms with E-state index in [-0.39, 0.29) is 0 Å². The molecule has 0 atom stereocenters. The molecule has 0 saturated heterocycles. The number of aryl methyl sites for hydroxylation is 1. The summed E-state index contributed by atoms with van der Waals surface area (Å²) in [6.07, 6.45) is 4.15. The third-order valence-electron chi connectivity index (χ3n) is 2.08. The summed E-state index contributed by atoms with van der Waals surface area (Å²) < 4.78 is 5.40. The molecule has 0 N–H and O–H groups in total. The van der Waals surface area contributed by atoms with Crippen LogP contribution in [0.15, 0.2) is 34.9 Å². The molecule has 14 heavy (non-hydrogen) atoms. The van der Waals surface area contributed by atoms with Gasteiger partial charge in [0.2, 0.25) is 0 Å². The summed E-state index contributed by atoms with van der Waals surface area (Å²) in [7, 11) is 0. The molecule has 0 fully saturated rings. The van der Waals surface area contributed by atoms with Crippen molar-refractivity contribution in [3.63, 3.8) is 0 Å². The minimum absolute atomic E-state index is 1.00. The Kier molecular flexibility index (Phi) is 4.24. The number of fused-ring (bicyclic) bond motifs is 1. The minimum Gasteiger partial charge on any atom is -0.464 e. The van der Waals surface area contributed by atoms with Gasteiger partial charge < -0.3 is 4.42 Å².